The van der Waals surface area contributed by atoms with E-state index in [1.54, 1.807) is 29.3 Å². The van der Waals surface area contributed by atoms with Crippen molar-refractivity contribution in [1.82, 2.24) is 9.88 Å². The van der Waals surface area contributed by atoms with Gasteiger partial charge < -0.3 is 15.0 Å². The third kappa shape index (κ3) is 2.56. The van der Waals surface area contributed by atoms with Crippen LogP contribution in [0.2, 0.25) is 0 Å². The Labute approximate surface area is 122 Å². The SMILES string of the molecule is Cc1[nH]ccc1C(=O)N1C[C@@H](O)C[C@@H]1c1cccc(F)c1. The number of aromatic nitrogens is 1. The molecule has 0 unspecified atom stereocenters. The molecule has 110 valence electrons. The second kappa shape index (κ2) is 5.33. The van der Waals surface area contributed by atoms with Crippen molar-refractivity contribution < 1.29 is 14.3 Å². The molecule has 0 aliphatic carbocycles. The number of carbonyl (C=O) groups excluding carboxylic acids is 1. The molecule has 1 aliphatic rings. The van der Waals surface area contributed by atoms with Crippen LogP contribution in [0.5, 0.6) is 0 Å². The van der Waals surface area contributed by atoms with E-state index in [1.807, 2.05) is 6.92 Å². The van der Waals surface area contributed by atoms with Gasteiger partial charge in [-0.2, -0.15) is 0 Å². The first kappa shape index (κ1) is 13.8. The highest BCUT2D eigenvalue weighted by atomic mass is 19.1. The number of nitrogens with one attached hydrogen (secondary N) is 1. The van der Waals surface area contributed by atoms with E-state index in [0.717, 1.165) is 5.69 Å². The number of halogens is 1. The minimum Gasteiger partial charge on any atom is -0.391 e. The van der Waals surface area contributed by atoms with Gasteiger partial charge in [-0.1, -0.05) is 12.1 Å². The summed E-state index contributed by atoms with van der Waals surface area (Å²) in [4.78, 5) is 17.2. The highest BCUT2D eigenvalue weighted by Crippen LogP contribution is 2.33. The zero-order valence-electron chi connectivity index (χ0n) is 11.7. The Hall–Kier alpha value is -2.14. The summed E-state index contributed by atoms with van der Waals surface area (Å²) >= 11 is 0. The monoisotopic (exact) mass is 288 g/mol. The number of benzene rings is 1. The largest absolute Gasteiger partial charge is 0.391 e. The highest BCUT2D eigenvalue weighted by Gasteiger charge is 2.36. The van der Waals surface area contributed by atoms with E-state index in [4.69, 9.17) is 0 Å². The molecule has 0 bridgehead atoms. The second-order valence-corrected chi connectivity index (χ2v) is 5.43. The van der Waals surface area contributed by atoms with Crippen molar-refractivity contribution in [3.05, 3.63) is 59.2 Å². The smallest absolute Gasteiger partial charge is 0.256 e. The maximum absolute atomic E-state index is 13.4. The van der Waals surface area contributed by atoms with Gasteiger partial charge in [-0.05, 0) is 37.1 Å². The zero-order valence-corrected chi connectivity index (χ0v) is 11.7. The number of likely N-dealkylation sites (tertiary alicyclic amines) is 1. The lowest BCUT2D eigenvalue weighted by atomic mass is 10.0. The number of H-pyrrole nitrogens is 1. The van der Waals surface area contributed by atoms with Gasteiger partial charge in [-0.3, -0.25) is 4.79 Å². The number of hydrogen-bond donors (Lipinski definition) is 2. The maximum atomic E-state index is 13.4. The fourth-order valence-corrected chi connectivity index (χ4v) is 2.91. The fourth-order valence-electron chi connectivity index (χ4n) is 2.91. The lowest BCUT2D eigenvalue weighted by Gasteiger charge is -2.24. The molecule has 0 spiro atoms. The van der Waals surface area contributed by atoms with Gasteiger partial charge in [-0.25, -0.2) is 4.39 Å². The van der Waals surface area contributed by atoms with Gasteiger partial charge in [0, 0.05) is 18.4 Å². The Morgan fingerprint density at radius 2 is 2.24 bits per heavy atom. The van der Waals surface area contributed by atoms with E-state index in [2.05, 4.69) is 4.98 Å². The van der Waals surface area contributed by atoms with Gasteiger partial charge in [0.25, 0.3) is 5.91 Å². The van der Waals surface area contributed by atoms with E-state index in [-0.39, 0.29) is 24.3 Å². The number of aliphatic hydroxyl groups excluding tert-OH is 1. The van der Waals surface area contributed by atoms with Crippen LogP contribution >= 0.6 is 0 Å². The average molecular weight is 288 g/mol. The van der Waals surface area contributed by atoms with Crippen molar-refractivity contribution in [1.29, 1.82) is 0 Å². The van der Waals surface area contributed by atoms with Gasteiger partial charge in [0.1, 0.15) is 5.82 Å². The molecular weight excluding hydrogens is 271 g/mol. The summed E-state index contributed by atoms with van der Waals surface area (Å²) in [5.74, 6) is -0.473. The number of carbonyl (C=O) groups is 1. The van der Waals surface area contributed by atoms with Crippen LogP contribution in [-0.4, -0.2) is 33.5 Å². The van der Waals surface area contributed by atoms with Gasteiger partial charge in [0.15, 0.2) is 0 Å². The maximum Gasteiger partial charge on any atom is 0.256 e. The molecule has 5 heteroatoms. The Balaban J connectivity index is 1.93. The van der Waals surface area contributed by atoms with Crippen LogP contribution in [0, 0.1) is 12.7 Å². The molecular formula is C16H17FN2O2. The van der Waals surface area contributed by atoms with Crippen LogP contribution < -0.4 is 0 Å². The molecule has 2 atom stereocenters. The number of aromatic amines is 1. The molecule has 1 fully saturated rings. The van der Waals surface area contributed by atoms with Gasteiger partial charge >= 0.3 is 0 Å². The summed E-state index contributed by atoms with van der Waals surface area (Å²) in [7, 11) is 0. The van der Waals surface area contributed by atoms with Gasteiger partial charge in [0.05, 0.1) is 17.7 Å². The van der Waals surface area contributed by atoms with Crippen molar-refractivity contribution in [2.24, 2.45) is 0 Å². The number of aliphatic hydroxyl groups is 1. The molecule has 2 N–H and O–H groups in total. The summed E-state index contributed by atoms with van der Waals surface area (Å²) in [5, 5.41) is 9.92. The Morgan fingerprint density at radius 1 is 1.43 bits per heavy atom. The van der Waals surface area contributed by atoms with E-state index >= 15 is 0 Å². The van der Waals surface area contributed by atoms with Crippen LogP contribution in [0.1, 0.15) is 34.1 Å². The van der Waals surface area contributed by atoms with Crippen molar-refractivity contribution in [2.45, 2.75) is 25.5 Å². The molecule has 1 aliphatic heterocycles. The lowest BCUT2D eigenvalue weighted by Crippen LogP contribution is -2.32. The number of nitrogens with zero attached hydrogens (tertiary/aromatic N) is 1. The summed E-state index contributed by atoms with van der Waals surface area (Å²) in [6, 6.07) is 7.64. The Kier molecular flexibility index (Phi) is 3.51. The minimum atomic E-state index is -0.582. The Morgan fingerprint density at radius 3 is 2.90 bits per heavy atom. The van der Waals surface area contributed by atoms with Crippen LogP contribution in [0.4, 0.5) is 4.39 Å². The molecule has 3 rings (SSSR count). The number of β-amino-alcohol motifs (C(OH)–C–C–N with tert-alkyl or cyclic N) is 1. The topological polar surface area (TPSA) is 56.3 Å². The molecule has 0 saturated carbocycles. The molecule has 0 radical (unpaired) electrons. The molecule has 2 heterocycles. The second-order valence-electron chi connectivity index (χ2n) is 5.43. The van der Waals surface area contributed by atoms with E-state index in [0.29, 0.717) is 17.5 Å². The fraction of sp³-hybridized carbons (Fsp3) is 0.312. The van der Waals surface area contributed by atoms with Gasteiger partial charge in [-0.15, -0.1) is 0 Å². The molecule has 1 aromatic carbocycles. The summed E-state index contributed by atoms with van der Waals surface area (Å²) in [6.07, 6.45) is 1.56. The molecule has 21 heavy (non-hydrogen) atoms. The van der Waals surface area contributed by atoms with Crippen LogP contribution in [0.3, 0.4) is 0 Å². The first-order valence-corrected chi connectivity index (χ1v) is 6.94. The summed E-state index contributed by atoms with van der Waals surface area (Å²) in [5.41, 5.74) is 2.10. The van der Waals surface area contributed by atoms with Crippen molar-refractivity contribution in [2.75, 3.05) is 6.54 Å². The summed E-state index contributed by atoms with van der Waals surface area (Å²) < 4.78 is 13.4. The number of aryl methyl sites for hydroxylation is 1. The third-order valence-electron chi connectivity index (χ3n) is 3.96. The van der Waals surface area contributed by atoms with E-state index < -0.39 is 6.10 Å². The van der Waals surface area contributed by atoms with Crippen molar-refractivity contribution >= 4 is 5.91 Å². The van der Waals surface area contributed by atoms with Crippen LogP contribution in [-0.2, 0) is 0 Å². The lowest BCUT2D eigenvalue weighted by molar-refractivity contribution is 0.0715. The van der Waals surface area contributed by atoms with Crippen LogP contribution in [0.25, 0.3) is 0 Å². The highest BCUT2D eigenvalue weighted by molar-refractivity contribution is 5.95. The number of hydrogen-bond acceptors (Lipinski definition) is 2. The summed E-state index contributed by atoms with van der Waals surface area (Å²) in [6.45, 7) is 2.10. The third-order valence-corrected chi connectivity index (χ3v) is 3.96. The standard InChI is InChI=1S/C16H17FN2O2/c1-10-14(5-6-18-10)16(21)19-9-13(20)8-15(19)11-3-2-4-12(17)7-11/h2-7,13,15,18,20H,8-9H2,1H3/t13-,15+/m0/s1. The minimum absolute atomic E-state index is 0.139. The van der Waals surface area contributed by atoms with Crippen LogP contribution in [0.15, 0.2) is 36.5 Å². The predicted molar refractivity (Wildman–Crippen MR) is 76.3 cm³/mol. The van der Waals surface area contributed by atoms with Crippen molar-refractivity contribution in [3.8, 4) is 0 Å². The molecule has 1 amide bonds. The molecule has 4 nitrogen and oxygen atoms in total. The molecule has 1 saturated heterocycles. The van der Waals surface area contributed by atoms with E-state index in [1.165, 1.54) is 12.1 Å². The first-order chi connectivity index (χ1) is 10.1. The predicted octanol–water partition coefficient (Wildman–Crippen LogP) is 2.41. The number of rotatable bonds is 2. The van der Waals surface area contributed by atoms with E-state index in [9.17, 15) is 14.3 Å². The zero-order chi connectivity index (χ0) is 15.0. The van der Waals surface area contributed by atoms with Gasteiger partial charge in [0.2, 0.25) is 0 Å². The first-order valence-electron chi connectivity index (χ1n) is 6.94. The number of amides is 1. The average Bonchev–Trinajstić information content (AvgIpc) is 3.04. The Bertz CT molecular complexity index is 668. The quantitative estimate of drug-likeness (QED) is 0.891. The van der Waals surface area contributed by atoms with Crippen molar-refractivity contribution in [3.63, 3.8) is 0 Å². The normalized spacial score (nSPS) is 21.8. The molecule has 1 aromatic heterocycles. The molecule has 2 aromatic rings.